The Labute approximate surface area is 216 Å². The molecule has 7 nitrogen and oxygen atoms in total. The molecule has 0 aliphatic carbocycles. The van der Waals surface area contributed by atoms with Crippen LogP contribution >= 0.6 is 0 Å². The van der Waals surface area contributed by atoms with E-state index in [1.54, 1.807) is 23.2 Å². The maximum Gasteiger partial charge on any atom is 0.255 e. The standard InChI is InChI=1S/C30H31N3O4/c1-2-37-28-16-24-23(19-33(30(24)36)13-12-20-8-4-3-5-9-20)14-25(28)29(35)32-18-27(34)26-15-21-10-6-7-11-22(21)17-31-26/h3-11,14,16-17,26-27,34H,2,12-13,15,18-19H2,1H3,(H,32,35)/t26-,27+/m0/s1. The molecule has 2 aliphatic heterocycles. The van der Waals surface area contributed by atoms with Gasteiger partial charge in [-0.2, -0.15) is 0 Å². The lowest BCUT2D eigenvalue weighted by Crippen LogP contribution is -2.40. The van der Waals surface area contributed by atoms with Crippen LogP contribution in [0.4, 0.5) is 0 Å². The van der Waals surface area contributed by atoms with Crippen LogP contribution in [0.25, 0.3) is 0 Å². The molecular weight excluding hydrogens is 466 g/mol. The lowest BCUT2D eigenvalue weighted by molar-refractivity contribution is 0.0779. The Morgan fingerprint density at radius 2 is 1.92 bits per heavy atom. The molecule has 2 heterocycles. The third-order valence-corrected chi connectivity index (χ3v) is 6.95. The summed E-state index contributed by atoms with van der Waals surface area (Å²) in [6.07, 6.45) is 2.34. The van der Waals surface area contributed by atoms with Gasteiger partial charge in [0.1, 0.15) is 5.75 Å². The van der Waals surface area contributed by atoms with Gasteiger partial charge >= 0.3 is 0 Å². The molecule has 3 aromatic rings. The Morgan fingerprint density at radius 1 is 1.14 bits per heavy atom. The highest BCUT2D eigenvalue weighted by Crippen LogP contribution is 2.31. The third kappa shape index (κ3) is 5.42. The van der Waals surface area contributed by atoms with Crippen LogP contribution in [0.2, 0.25) is 0 Å². The van der Waals surface area contributed by atoms with Crippen LogP contribution in [-0.4, -0.2) is 59.9 Å². The molecule has 2 N–H and O–H groups in total. The van der Waals surface area contributed by atoms with E-state index in [0.717, 1.165) is 23.1 Å². The first kappa shape index (κ1) is 24.7. The number of aliphatic hydroxyl groups excluding tert-OH is 1. The Kier molecular flexibility index (Phi) is 7.32. The zero-order valence-electron chi connectivity index (χ0n) is 20.9. The van der Waals surface area contributed by atoms with Crippen LogP contribution in [-0.2, 0) is 19.4 Å². The molecule has 0 unspecified atom stereocenters. The van der Waals surface area contributed by atoms with E-state index >= 15 is 0 Å². The minimum Gasteiger partial charge on any atom is -0.493 e. The Morgan fingerprint density at radius 3 is 2.73 bits per heavy atom. The van der Waals surface area contributed by atoms with Gasteiger partial charge in [0, 0.05) is 31.4 Å². The molecular formula is C30H31N3O4. The minimum absolute atomic E-state index is 0.0512. The highest BCUT2D eigenvalue weighted by atomic mass is 16.5. The molecule has 2 atom stereocenters. The predicted molar refractivity (Wildman–Crippen MR) is 142 cm³/mol. The van der Waals surface area contributed by atoms with Crippen molar-refractivity contribution in [3.05, 3.63) is 100 Å². The zero-order valence-corrected chi connectivity index (χ0v) is 20.9. The number of hydrogen-bond donors (Lipinski definition) is 2. The van der Waals surface area contributed by atoms with Crippen molar-refractivity contribution in [2.45, 2.75) is 38.5 Å². The average molecular weight is 498 g/mol. The maximum absolute atomic E-state index is 13.2. The number of nitrogens with zero attached hydrogens (tertiary/aromatic N) is 2. The molecule has 0 saturated carbocycles. The fourth-order valence-corrected chi connectivity index (χ4v) is 4.91. The van der Waals surface area contributed by atoms with Crippen molar-refractivity contribution < 1.29 is 19.4 Å². The van der Waals surface area contributed by atoms with Crippen LogP contribution in [0.3, 0.4) is 0 Å². The number of aliphatic imine (C=N–C) groups is 1. The Hall–Kier alpha value is -3.97. The number of aliphatic hydroxyl groups is 1. The summed E-state index contributed by atoms with van der Waals surface area (Å²) in [5, 5.41) is 13.6. The van der Waals surface area contributed by atoms with E-state index in [9.17, 15) is 14.7 Å². The second-order valence-electron chi connectivity index (χ2n) is 9.43. The molecule has 3 aromatic carbocycles. The highest BCUT2D eigenvalue weighted by Gasteiger charge is 2.30. The lowest BCUT2D eigenvalue weighted by atomic mass is 9.95. The number of benzene rings is 3. The van der Waals surface area contributed by atoms with Crippen LogP contribution in [0, 0.1) is 0 Å². The van der Waals surface area contributed by atoms with Gasteiger partial charge in [-0.05, 0) is 54.2 Å². The summed E-state index contributed by atoms with van der Waals surface area (Å²) in [4.78, 5) is 32.5. The summed E-state index contributed by atoms with van der Waals surface area (Å²) < 4.78 is 5.74. The molecule has 190 valence electrons. The average Bonchev–Trinajstić information content (AvgIpc) is 3.24. The van der Waals surface area contributed by atoms with Gasteiger partial charge < -0.3 is 20.1 Å². The van der Waals surface area contributed by atoms with Crippen LogP contribution in [0.1, 0.15) is 49.9 Å². The molecule has 0 spiro atoms. The van der Waals surface area contributed by atoms with Crippen molar-refractivity contribution >= 4 is 18.0 Å². The molecule has 7 heteroatoms. The number of carbonyl (C=O) groups excluding carboxylic acids is 2. The first-order valence-electron chi connectivity index (χ1n) is 12.7. The number of carbonyl (C=O) groups is 2. The molecule has 2 aliphatic rings. The van der Waals surface area contributed by atoms with E-state index in [4.69, 9.17) is 4.74 Å². The Balaban J connectivity index is 1.25. The van der Waals surface area contributed by atoms with Gasteiger partial charge in [-0.25, -0.2) is 0 Å². The van der Waals surface area contributed by atoms with E-state index in [1.807, 2.05) is 49.4 Å². The SMILES string of the molecule is CCOc1cc2c(cc1C(=O)NC[C@@H](O)[C@@H]1Cc3ccccc3C=N1)CN(CCc1ccccc1)C2=O. The quantitative estimate of drug-likeness (QED) is 0.474. The minimum atomic E-state index is -0.825. The van der Waals surface area contributed by atoms with Gasteiger partial charge in [0.15, 0.2) is 0 Å². The summed E-state index contributed by atoms with van der Waals surface area (Å²) in [6, 6.07) is 21.1. The second-order valence-corrected chi connectivity index (χ2v) is 9.43. The van der Waals surface area contributed by atoms with Crippen LogP contribution in [0.5, 0.6) is 5.75 Å². The lowest BCUT2D eigenvalue weighted by Gasteiger charge is -2.24. The van der Waals surface area contributed by atoms with Gasteiger partial charge in [0.25, 0.3) is 11.8 Å². The van der Waals surface area contributed by atoms with Gasteiger partial charge in [0.2, 0.25) is 0 Å². The summed E-state index contributed by atoms with van der Waals surface area (Å²) in [7, 11) is 0. The van der Waals surface area contributed by atoms with Gasteiger partial charge in [0.05, 0.1) is 24.3 Å². The Bertz CT molecular complexity index is 1320. The number of fused-ring (bicyclic) bond motifs is 2. The smallest absolute Gasteiger partial charge is 0.255 e. The van der Waals surface area contributed by atoms with Gasteiger partial charge in [-0.3, -0.25) is 14.6 Å². The number of rotatable bonds is 9. The fourth-order valence-electron chi connectivity index (χ4n) is 4.91. The number of ether oxygens (including phenoxy) is 1. The molecule has 0 radical (unpaired) electrons. The van der Waals surface area contributed by atoms with E-state index < -0.39 is 6.10 Å². The molecule has 0 bridgehead atoms. The van der Waals surface area contributed by atoms with E-state index in [2.05, 4.69) is 22.4 Å². The summed E-state index contributed by atoms with van der Waals surface area (Å²) in [6.45, 7) is 3.32. The van der Waals surface area contributed by atoms with Crippen molar-refractivity contribution in [3.63, 3.8) is 0 Å². The van der Waals surface area contributed by atoms with Crippen molar-refractivity contribution in [1.29, 1.82) is 0 Å². The van der Waals surface area contributed by atoms with Crippen molar-refractivity contribution in [2.24, 2.45) is 4.99 Å². The molecule has 2 amide bonds. The van der Waals surface area contributed by atoms with Crippen LogP contribution in [0.15, 0.2) is 71.7 Å². The summed E-state index contributed by atoms with van der Waals surface area (Å²) in [5.41, 5.74) is 5.10. The van der Waals surface area contributed by atoms with E-state index in [1.165, 1.54) is 5.56 Å². The topological polar surface area (TPSA) is 91.2 Å². The van der Waals surface area contributed by atoms with Gasteiger partial charge in [-0.1, -0.05) is 54.6 Å². The first-order valence-corrected chi connectivity index (χ1v) is 12.7. The van der Waals surface area contributed by atoms with Crippen molar-refractivity contribution in [2.75, 3.05) is 19.7 Å². The first-order chi connectivity index (χ1) is 18.0. The van der Waals surface area contributed by atoms with E-state index in [0.29, 0.717) is 43.0 Å². The zero-order chi connectivity index (χ0) is 25.8. The van der Waals surface area contributed by atoms with Crippen LogP contribution < -0.4 is 10.1 Å². The monoisotopic (exact) mass is 497 g/mol. The van der Waals surface area contributed by atoms with Gasteiger partial charge in [-0.15, -0.1) is 0 Å². The highest BCUT2D eigenvalue weighted by molar-refractivity contribution is 6.03. The number of nitrogens with one attached hydrogen (secondary N) is 1. The van der Waals surface area contributed by atoms with Crippen molar-refractivity contribution in [3.8, 4) is 5.75 Å². The predicted octanol–water partition coefficient (Wildman–Crippen LogP) is 3.42. The van der Waals surface area contributed by atoms with E-state index in [-0.39, 0.29) is 24.4 Å². The normalized spacial score (nSPS) is 16.8. The molecule has 37 heavy (non-hydrogen) atoms. The maximum atomic E-state index is 13.2. The fraction of sp³-hybridized carbons (Fsp3) is 0.300. The molecule has 5 rings (SSSR count). The molecule has 0 aromatic heterocycles. The molecule has 0 saturated heterocycles. The number of amides is 2. The third-order valence-electron chi connectivity index (χ3n) is 6.95. The molecule has 0 fully saturated rings. The second kappa shape index (κ2) is 11.0. The van der Waals surface area contributed by atoms with Crippen molar-refractivity contribution in [1.82, 2.24) is 10.2 Å². The summed E-state index contributed by atoms with van der Waals surface area (Å²) >= 11 is 0. The summed E-state index contributed by atoms with van der Waals surface area (Å²) in [5.74, 6) is -0.0264. The largest absolute Gasteiger partial charge is 0.493 e. The number of hydrogen-bond acceptors (Lipinski definition) is 5.